The second-order valence-corrected chi connectivity index (χ2v) is 7.03. The summed E-state index contributed by atoms with van der Waals surface area (Å²) in [6, 6.07) is 17.1. The summed E-state index contributed by atoms with van der Waals surface area (Å²) in [5, 5.41) is 13.0. The highest BCUT2D eigenvalue weighted by molar-refractivity contribution is 5.67. The van der Waals surface area contributed by atoms with Crippen LogP contribution in [-0.2, 0) is 0 Å². The minimum absolute atomic E-state index is 0.0508. The van der Waals surface area contributed by atoms with Crippen molar-refractivity contribution in [3.63, 3.8) is 0 Å². The van der Waals surface area contributed by atoms with Gasteiger partial charge in [-0.05, 0) is 29.8 Å². The van der Waals surface area contributed by atoms with Gasteiger partial charge in [0.25, 0.3) is 5.69 Å². The second-order valence-electron chi connectivity index (χ2n) is 7.03. The highest BCUT2D eigenvalue weighted by Crippen LogP contribution is 2.47. The van der Waals surface area contributed by atoms with Crippen molar-refractivity contribution in [3.8, 4) is 5.75 Å². The van der Waals surface area contributed by atoms with Gasteiger partial charge in [0.05, 0.1) is 16.7 Å². The zero-order valence-corrected chi connectivity index (χ0v) is 15.5. The molecule has 6 nitrogen and oxygen atoms in total. The Bertz CT molecular complexity index is 1180. The molecule has 0 radical (unpaired) electrons. The molecule has 0 spiro atoms. The normalized spacial score (nSPS) is 19.9. The van der Waals surface area contributed by atoms with Crippen molar-refractivity contribution in [3.05, 3.63) is 111 Å². The highest BCUT2D eigenvalue weighted by atomic mass is 19.2. The molecule has 1 N–H and O–H groups in total. The number of benzene rings is 3. The Balaban J connectivity index is 1.62. The largest absolute Gasteiger partial charge is 0.469 e. The smallest absolute Gasteiger partial charge is 0.270 e. The molecule has 0 amide bonds. The van der Waals surface area contributed by atoms with Crippen molar-refractivity contribution in [2.24, 2.45) is 0 Å². The van der Waals surface area contributed by atoms with Gasteiger partial charge in [-0.15, -0.1) is 0 Å². The first-order chi connectivity index (χ1) is 14.5. The van der Waals surface area contributed by atoms with E-state index in [0.717, 1.165) is 23.4 Å². The van der Waals surface area contributed by atoms with Gasteiger partial charge in [0.2, 0.25) is 0 Å². The third-order valence-electron chi connectivity index (χ3n) is 5.20. The van der Waals surface area contributed by atoms with Gasteiger partial charge in [-0.1, -0.05) is 36.4 Å². The van der Waals surface area contributed by atoms with Gasteiger partial charge in [0.1, 0.15) is 5.75 Å². The standard InChI is InChI=1S/C22H15F2N3O3/c23-17-8-6-14(10-18(17)24)22-26-20(12-19(25-26)13-4-2-1-3-5-13)16-11-15(27(28)29)7-9-21(16)30-22/h1-12,20,22,25H/t20-,22-/m1/s1. The number of nitrogens with one attached hydrogen (secondary N) is 1. The number of hydrogen-bond acceptors (Lipinski definition) is 5. The summed E-state index contributed by atoms with van der Waals surface area (Å²) in [6.07, 6.45) is 1.17. The number of rotatable bonds is 3. The van der Waals surface area contributed by atoms with Crippen molar-refractivity contribution in [2.75, 3.05) is 0 Å². The van der Waals surface area contributed by atoms with Crippen LogP contribution >= 0.6 is 0 Å². The topological polar surface area (TPSA) is 67.6 Å². The molecular weight excluding hydrogens is 392 g/mol. The molecule has 2 atom stereocenters. The molecule has 0 fully saturated rings. The SMILES string of the molecule is O=[N+]([O-])c1ccc2c(c1)[C@H]1C=C(c3ccccc3)NN1[C@@H](c1ccc(F)c(F)c1)O2. The number of nitro groups is 1. The molecule has 5 rings (SSSR count). The molecule has 2 aliphatic heterocycles. The van der Waals surface area contributed by atoms with E-state index < -0.39 is 28.8 Å². The molecule has 3 aromatic rings. The Morgan fingerprint density at radius 2 is 1.80 bits per heavy atom. The lowest BCUT2D eigenvalue weighted by atomic mass is 10.00. The number of ether oxygens (including phenoxy) is 1. The quantitative estimate of drug-likeness (QED) is 0.496. The minimum atomic E-state index is -0.974. The van der Waals surface area contributed by atoms with Crippen LogP contribution in [0.1, 0.15) is 29.0 Å². The van der Waals surface area contributed by atoms with Crippen LogP contribution in [0.4, 0.5) is 14.5 Å². The maximum Gasteiger partial charge on any atom is 0.270 e. The molecular formula is C22H15F2N3O3. The van der Waals surface area contributed by atoms with Crippen LogP contribution in [0.2, 0.25) is 0 Å². The number of nitro benzene ring substituents is 1. The lowest BCUT2D eigenvalue weighted by Crippen LogP contribution is -2.43. The number of hydrazine groups is 1. The Morgan fingerprint density at radius 3 is 2.53 bits per heavy atom. The zero-order chi connectivity index (χ0) is 20.8. The van der Waals surface area contributed by atoms with Crippen molar-refractivity contribution in [1.29, 1.82) is 0 Å². The zero-order valence-electron chi connectivity index (χ0n) is 15.5. The van der Waals surface area contributed by atoms with E-state index in [1.165, 1.54) is 24.3 Å². The molecule has 0 unspecified atom stereocenters. The summed E-state index contributed by atoms with van der Waals surface area (Å²) < 4.78 is 33.4. The molecule has 2 heterocycles. The lowest BCUT2D eigenvalue weighted by Gasteiger charge is -2.38. The van der Waals surface area contributed by atoms with Crippen LogP contribution in [0.25, 0.3) is 5.70 Å². The minimum Gasteiger partial charge on any atom is -0.469 e. The van der Waals surface area contributed by atoms with Crippen LogP contribution in [-0.4, -0.2) is 9.93 Å². The lowest BCUT2D eigenvalue weighted by molar-refractivity contribution is -0.385. The van der Waals surface area contributed by atoms with Crippen molar-refractivity contribution in [1.82, 2.24) is 10.4 Å². The fraction of sp³-hybridized carbons (Fsp3) is 0.0909. The first kappa shape index (κ1) is 18.3. The number of nitrogens with zero attached hydrogens (tertiary/aromatic N) is 2. The molecule has 0 bridgehead atoms. The van der Waals surface area contributed by atoms with Gasteiger partial charge >= 0.3 is 0 Å². The van der Waals surface area contributed by atoms with E-state index in [0.29, 0.717) is 16.9 Å². The monoisotopic (exact) mass is 407 g/mol. The molecule has 2 aliphatic rings. The van der Waals surface area contributed by atoms with Crippen molar-refractivity contribution >= 4 is 11.4 Å². The predicted octanol–water partition coefficient (Wildman–Crippen LogP) is 4.87. The summed E-state index contributed by atoms with van der Waals surface area (Å²) in [5.74, 6) is -1.47. The second kappa shape index (κ2) is 6.93. The summed E-state index contributed by atoms with van der Waals surface area (Å²) in [6.45, 7) is 0. The summed E-state index contributed by atoms with van der Waals surface area (Å²) in [4.78, 5) is 10.8. The number of non-ortho nitro benzene ring substituents is 1. The van der Waals surface area contributed by atoms with E-state index in [1.54, 1.807) is 5.01 Å². The molecule has 0 aromatic heterocycles. The van der Waals surface area contributed by atoms with Gasteiger partial charge in [-0.25, -0.2) is 8.78 Å². The van der Waals surface area contributed by atoms with Crippen molar-refractivity contribution < 1.29 is 18.4 Å². The highest BCUT2D eigenvalue weighted by Gasteiger charge is 2.41. The third-order valence-corrected chi connectivity index (χ3v) is 5.20. The van der Waals surface area contributed by atoms with E-state index in [9.17, 15) is 18.9 Å². The van der Waals surface area contributed by atoms with Gasteiger partial charge in [0, 0.05) is 23.3 Å². The Kier molecular flexibility index (Phi) is 4.22. The fourth-order valence-electron chi connectivity index (χ4n) is 3.77. The van der Waals surface area contributed by atoms with Gasteiger partial charge in [-0.3, -0.25) is 10.1 Å². The number of hydrogen-bond donors (Lipinski definition) is 1. The van der Waals surface area contributed by atoms with Crippen LogP contribution < -0.4 is 10.2 Å². The number of fused-ring (bicyclic) bond motifs is 3. The molecule has 0 saturated heterocycles. The molecule has 0 saturated carbocycles. The predicted molar refractivity (Wildman–Crippen MR) is 105 cm³/mol. The summed E-state index contributed by atoms with van der Waals surface area (Å²) in [5.41, 5.74) is 5.95. The Hall–Kier alpha value is -3.78. The fourth-order valence-corrected chi connectivity index (χ4v) is 3.77. The first-order valence-corrected chi connectivity index (χ1v) is 9.23. The van der Waals surface area contributed by atoms with Crippen LogP contribution in [0.3, 0.4) is 0 Å². The maximum atomic E-state index is 13.9. The summed E-state index contributed by atoms with van der Waals surface area (Å²) >= 11 is 0. The molecule has 150 valence electrons. The van der Waals surface area contributed by atoms with E-state index in [1.807, 2.05) is 36.4 Å². The molecule has 0 aliphatic carbocycles. The van der Waals surface area contributed by atoms with Crippen LogP contribution in [0.5, 0.6) is 5.75 Å². The molecule has 3 aromatic carbocycles. The van der Waals surface area contributed by atoms with Gasteiger partial charge in [-0.2, -0.15) is 5.01 Å². The van der Waals surface area contributed by atoms with Gasteiger partial charge < -0.3 is 10.2 Å². The average molecular weight is 407 g/mol. The van der Waals surface area contributed by atoms with E-state index >= 15 is 0 Å². The first-order valence-electron chi connectivity index (χ1n) is 9.23. The van der Waals surface area contributed by atoms with Crippen LogP contribution in [0, 0.1) is 21.7 Å². The third kappa shape index (κ3) is 2.98. The van der Waals surface area contributed by atoms with E-state index in [-0.39, 0.29) is 5.69 Å². The van der Waals surface area contributed by atoms with Crippen LogP contribution in [0.15, 0.2) is 72.8 Å². The van der Waals surface area contributed by atoms with E-state index in [4.69, 9.17) is 4.74 Å². The average Bonchev–Trinajstić information content (AvgIpc) is 3.21. The number of halogens is 2. The summed E-state index contributed by atoms with van der Waals surface area (Å²) in [7, 11) is 0. The van der Waals surface area contributed by atoms with Crippen molar-refractivity contribution in [2.45, 2.75) is 12.3 Å². The van der Waals surface area contributed by atoms with E-state index in [2.05, 4.69) is 5.43 Å². The Morgan fingerprint density at radius 1 is 1.00 bits per heavy atom. The maximum absolute atomic E-state index is 13.9. The van der Waals surface area contributed by atoms with Gasteiger partial charge in [0.15, 0.2) is 17.9 Å². The molecule has 30 heavy (non-hydrogen) atoms. The molecule has 8 heteroatoms. The Labute approximate surface area is 170 Å².